The number of hydrogen-bond acceptors (Lipinski definition) is 4. The predicted molar refractivity (Wildman–Crippen MR) is 52.5 cm³/mol. The number of amidine groups is 1. The fourth-order valence-electron chi connectivity index (χ4n) is 1.56. The predicted octanol–water partition coefficient (Wildman–Crippen LogP) is -0.596. The Morgan fingerprint density at radius 2 is 2.00 bits per heavy atom. The lowest BCUT2D eigenvalue weighted by atomic mass is 9.97. The standard InChI is InChI=1S/C7H15N3O3S/c1-14(12,13)10-4-2-6(3-5-10)7(8)9-11/h6,11H,2-5H2,1H3,(H2,8,9). The lowest BCUT2D eigenvalue weighted by Gasteiger charge is -2.29. The summed E-state index contributed by atoms with van der Waals surface area (Å²) in [5.41, 5.74) is 5.43. The minimum absolute atomic E-state index is 0.00185. The van der Waals surface area contributed by atoms with Gasteiger partial charge in [-0.15, -0.1) is 0 Å². The topological polar surface area (TPSA) is 96.0 Å². The maximum Gasteiger partial charge on any atom is 0.211 e. The molecule has 0 amide bonds. The van der Waals surface area contributed by atoms with Crippen LogP contribution in [0.15, 0.2) is 5.16 Å². The monoisotopic (exact) mass is 221 g/mol. The third kappa shape index (κ3) is 2.58. The zero-order valence-electron chi connectivity index (χ0n) is 8.05. The summed E-state index contributed by atoms with van der Waals surface area (Å²) in [6, 6.07) is 0. The Bertz CT molecular complexity index is 317. The van der Waals surface area contributed by atoms with E-state index in [1.54, 1.807) is 0 Å². The van der Waals surface area contributed by atoms with Gasteiger partial charge in [-0.05, 0) is 12.8 Å². The van der Waals surface area contributed by atoms with Crippen LogP contribution in [0.5, 0.6) is 0 Å². The second kappa shape index (κ2) is 4.14. The van der Waals surface area contributed by atoms with Crippen molar-refractivity contribution in [2.45, 2.75) is 12.8 Å². The molecule has 3 N–H and O–H groups in total. The first-order chi connectivity index (χ1) is 6.45. The first kappa shape index (κ1) is 11.3. The fraction of sp³-hybridized carbons (Fsp3) is 0.857. The maximum atomic E-state index is 11.1. The smallest absolute Gasteiger partial charge is 0.211 e. The molecule has 1 aliphatic heterocycles. The molecule has 1 rings (SSSR count). The quantitative estimate of drug-likeness (QED) is 0.282. The Morgan fingerprint density at radius 1 is 1.50 bits per heavy atom. The van der Waals surface area contributed by atoms with E-state index < -0.39 is 10.0 Å². The number of piperidine rings is 1. The van der Waals surface area contributed by atoms with Crippen LogP contribution in [0.4, 0.5) is 0 Å². The first-order valence-corrected chi connectivity index (χ1v) is 6.22. The zero-order valence-corrected chi connectivity index (χ0v) is 8.87. The number of nitrogens with two attached hydrogens (primary N) is 1. The number of sulfonamides is 1. The van der Waals surface area contributed by atoms with Crippen LogP contribution in [0.3, 0.4) is 0 Å². The van der Waals surface area contributed by atoms with Gasteiger partial charge in [-0.3, -0.25) is 0 Å². The van der Waals surface area contributed by atoms with Gasteiger partial charge in [0.25, 0.3) is 0 Å². The highest BCUT2D eigenvalue weighted by Crippen LogP contribution is 2.18. The van der Waals surface area contributed by atoms with Gasteiger partial charge in [0, 0.05) is 19.0 Å². The molecule has 0 spiro atoms. The molecule has 0 bridgehead atoms. The Balaban J connectivity index is 2.55. The molecule has 0 aromatic rings. The number of rotatable bonds is 2. The van der Waals surface area contributed by atoms with Crippen molar-refractivity contribution in [1.82, 2.24) is 4.31 Å². The zero-order chi connectivity index (χ0) is 10.8. The summed E-state index contributed by atoms with van der Waals surface area (Å²) in [5.74, 6) is 0.191. The average Bonchev–Trinajstić information content (AvgIpc) is 2.15. The SMILES string of the molecule is CS(=O)(=O)N1CCC(/C(N)=N/O)CC1. The first-order valence-electron chi connectivity index (χ1n) is 4.37. The highest BCUT2D eigenvalue weighted by molar-refractivity contribution is 7.88. The molecule has 82 valence electrons. The van der Waals surface area contributed by atoms with E-state index in [2.05, 4.69) is 5.16 Å². The van der Waals surface area contributed by atoms with E-state index in [9.17, 15) is 8.42 Å². The molecule has 1 heterocycles. The summed E-state index contributed by atoms with van der Waals surface area (Å²) < 4.78 is 23.7. The Kier molecular flexibility index (Phi) is 3.33. The minimum atomic E-state index is -3.09. The third-order valence-corrected chi connectivity index (χ3v) is 3.76. The molecule has 14 heavy (non-hydrogen) atoms. The van der Waals surface area contributed by atoms with Crippen LogP contribution in [0.1, 0.15) is 12.8 Å². The second-order valence-electron chi connectivity index (χ2n) is 3.46. The van der Waals surface area contributed by atoms with E-state index in [4.69, 9.17) is 10.9 Å². The van der Waals surface area contributed by atoms with Gasteiger partial charge >= 0.3 is 0 Å². The van der Waals surface area contributed by atoms with Crippen LogP contribution in [-0.4, -0.2) is 43.1 Å². The van der Waals surface area contributed by atoms with Gasteiger partial charge in [0.1, 0.15) is 5.84 Å². The summed E-state index contributed by atoms with van der Waals surface area (Å²) in [7, 11) is -3.09. The van der Waals surface area contributed by atoms with E-state index in [1.807, 2.05) is 0 Å². The van der Waals surface area contributed by atoms with Gasteiger partial charge in [0.15, 0.2) is 0 Å². The highest BCUT2D eigenvalue weighted by Gasteiger charge is 2.26. The van der Waals surface area contributed by atoms with Gasteiger partial charge in [0.2, 0.25) is 10.0 Å². The van der Waals surface area contributed by atoms with Gasteiger partial charge in [-0.1, -0.05) is 5.16 Å². The summed E-state index contributed by atoms with van der Waals surface area (Å²) in [4.78, 5) is 0. The lowest BCUT2D eigenvalue weighted by molar-refractivity contribution is 0.292. The molecule has 0 radical (unpaired) electrons. The molecule has 7 heteroatoms. The molecule has 6 nitrogen and oxygen atoms in total. The third-order valence-electron chi connectivity index (χ3n) is 2.46. The van der Waals surface area contributed by atoms with Crippen molar-refractivity contribution in [1.29, 1.82) is 0 Å². The van der Waals surface area contributed by atoms with Crippen molar-refractivity contribution >= 4 is 15.9 Å². The van der Waals surface area contributed by atoms with Crippen molar-refractivity contribution < 1.29 is 13.6 Å². The summed E-state index contributed by atoms with van der Waals surface area (Å²) in [6.45, 7) is 0.888. The molecule has 0 aromatic carbocycles. The van der Waals surface area contributed by atoms with E-state index in [-0.39, 0.29) is 11.8 Å². The molecular weight excluding hydrogens is 206 g/mol. The lowest BCUT2D eigenvalue weighted by Crippen LogP contribution is -2.41. The molecule has 0 unspecified atom stereocenters. The summed E-state index contributed by atoms with van der Waals surface area (Å²) in [5, 5.41) is 11.4. The number of hydrogen-bond donors (Lipinski definition) is 2. The number of oxime groups is 1. The van der Waals surface area contributed by atoms with E-state index in [0.717, 1.165) is 0 Å². The Morgan fingerprint density at radius 3 is 2.36 bits per heavy atom. The van der Waals surface area contributed by atoms with Crippen LogP contribution in [0.25, 0.3) is 0 Å². The van der Waals surface area contributed by atoms with E-state index >= 15 is 0 Å². The van der Waals surface area contributed by atoms with Crippen molar-refractivity contribution in [3.63, 3.8) is 0 Å². The number of nitrogens with zero attached hydrogens (tertiary/aromatic N) is 2. The molecule has 0 aromatic heterocycles. The minimum Gasteiger partial charge on any atom is -0.409 e. The normalized spacial score (nSPS) is 22.5. The Hall–Kier alpha value is -0.820. The summed E-state index contributed by atoms with van der Waals surface area (Å²) in [6.07, 6.45) is 2.42. The van der Waals surface area contributed by atoms with Crippen molar-refractivity contribution in [2.75, 3.05) is 19.3 Å². The van der Waals surface area contributed by atoms with Gasteiger partial charge < -0.3 is 10.9 Å². The molecule has 1 fully saturated rings. The Labute approximate surface area is 83.4 Å². The van der Waals surface area contributed by atoms with Crippen molar-refractivity contribution in [3.8, 4) is 0 Å². The van der Waals surface area contributed by atoms with Crippen LogP contribution < -0.4 is 5.73 Å². The van der Waals surface area contributed by atoms with Gasteiger partial charge in [0.05, 0.1) is 6.26 Å². The van der Waals surface area contributed by atoms with Crippen LogP contribution in [0.2, 0.25) is 0 Å². The molecule has 0 aliphatic carbocycles. The molecule has 1 saturated heterocycles. The van der Waals surface area contributed by atoms with E-state index in [1.165, 1.54) is 10.6 Å². The maximum absolute atomic E-state index is 11.1. The molecule has 1 aliphatic rings. The fourth-order valence-corrected chi connectivity index (χ4v) is 2.44. The van der Waals surface area contributed by atoms with Crippen LogP contribution in [-0.2, 0) is 10.0 Å². The van der Waals surface area contributed by atoms with Crippen LogP contribution in [0, 0.1) is 5.92 Å². The molecule has 0 saturated carbocycles. The van der Waals surface area contributed by atoms with E-state index in [0.29, 0.717) is 25.9 Å². The van der Waals surface area contributed by atoms with Gasteiger partial charge in [-0.25, -0.2) is 12.7 Å². The second-order valence-corrected chi connectivity index (χ2v) is 5.44. The molecular formula is C7H15N3O3S. The van der Waals surface area contributed by atoms with Gasteiger partial charge in [-0.2, -0.15) is 0 Å². The van der Waals surface area contributed by atoms with Crippen molar-refractivity contribution in [3.05, 3.63) is 0 Å². The van der Waals surface area contributed by atoms with Crippen molar-refractivity contribution in [2.24, 2.45) is 16.8 Å². The van der Waals surface area contributed by atoms with Crippen LogP contribution >= 0.6 is 0 Å². The summed E-state index contributed by atoms with van der Waals surface area (Å²) >= 11 is 0. The highest BCUT2D eigenvalue weighted by atomic mass is 32.2. The largest absolute Gasteiger partial charge is 0.409 e. The average molecular weight is 221 g/mol. The molecule has 0 atom stereocenters.